The number of carbonyl (C=O) groups is 1. The quantitative estimate of drug-likeness (QED) is 0.306. The van der Waals surface area contributed by atoms with Gasteiger partial charge in [0.1, 0.15) is 23.9 Å². The standard InChI is InChI=1S/C32H35FO4/c1-20-5-3-8-26(20)29-15-21(9-13-27(29)30-17-24(36-2)12-14-31(30)33)19-37-25-7-4-6-23(16-25)28(18-32(34)35)22-10-11-22/h4,6-7,9,12-17,20,22,26,28H,3,5,8,10-11,18-19H2,1-2H3,(H,34,35)/t20-,26+,28+/m1/s1. The Balaban J connectivity index is 1.41. The number of methoxy groups -OCH3 is 1. The Morgan fingerprint density at radius 1 is 1.00 bits per heavy atom. The maximum atomic E-state index is 15.0. The Morgan fingerprint density at radius 2 is 1.84 bits per heavy atom. The summed E-state index contributed by atoms with van der Waals surface area (Å²) in [6.45, 7) is 2.68. The van der Waals surface area contributed by atoms with E-state index in [1.54, 1.807) is 19.2 Å². The largest absolute Gasteiger partial charge is 0.497 e. The molecule has 2 aliphatic rings. The molecule has 5 heteroatoms. The van der Waals surface area contributed by atoms with Gasteiger partial charge in [-0.05, 0) is 95.5 Å². The fourth-order valence-corrected chi connectivity index (χ4v) is 5.94. The van der Waals surface area contributed by atoms with Gasteiger partial charge in [0, 0.05) is 5.56 Å². The van der Waals surface area contributed by atoms with Crippen molar-refractivity contribution in [3.63, 3.8) is 0 Å². The molecule has 0 saturated heterocycles. The van der Waals surface area contributed by atoms with Gasteiger partial charge in [0.2, 0.25) is 0 Å². The van der Waals surface area contributed by atoms with Crippen LogP contribution >= 0.6 is 0 Å². The third kappa shape index (κ3) is 5.82. The van der Waals surface area contributed by atoms with Crippen molar-refractivity contribution in [1.29, 1.82) is 0 Å². The molecule has 0 bridgehead atoms. The van der Waals surface area contributed by atoms with Crippen LogP contribution in [0.4, 0.5) is 4.39 Å². The van der Waals surface area contributed by atoms with Crippen molar-refractivity contribution in [1.82, 2.24) is 0 Å². The van der Waals surface area contributed by atoms with Crippen LogP contribution in [0.3, 0.4) is 0 Å². The molecule has 0 radical (unpaired) electrons. The molecule has 194 valence electrons. The van der Waals surface area contributed by atoms with Gasteiger partial charge in [-0.3, -0.25) is 4.79 Å². The van der Waals surface area contributed by atoms with E-state index in [1.807, 2.05) is 36.4 Å². The smallest absolute Gasteiger partial charge is 0.303 e. The second-order valence-electron chi connectivity index (χ2n) is 10.7. The van der Waals surface area contributed by atoms with Crippen LogP contribution in [0, 0.1) is 17.7 Å². The van der Waals surface area contributed by atoms with Crippen molar-refractivity contribution in [3.05, 3.63) is 83.2 Å². The van der Waals surface area contributed by atoms with Crippen LogP contribution in [0.1, 0.15) is 74.0 Å². The van der Waals surface area contributed by atoms with Crippen LogP contribution < -0.4 is 9.47 Å². The molecule has 2 fully saturated rings. The first-order valence-corrected chi connectivity index (χ1v) is 13.3. The summed E-state index contributed by atoms with van der Waals surface area (Å²) in [5.74, 6) is 1.77. The SMILES string of the molecule is COc1ccc(F)c(-c2ccc(COc3cccc([C@@H](CC(=O)O)C4CC4)c3)cc2[C@H]2CCC[C@H]2C)c1. The van der Waals surface area contributed by atoms with Crippen molar-refractivity contribution < 1.29 is 23.8 Å². The van der Waals surface area contributed by atoms with Crippen molar-refractivity contribution in [2.75, 3.05) is 7.11 Å². The Labute approximate surface area is 218 Å². The van der Waals surface area contributed by atoms with E-state index in [9.17, 15) is 14.3 Å². The minimum absolute atomic E-state index is 0.0357. The summed E-state index contributed by atoms with van der Waals surface area (Å²) in [4.78, 5) is 11.4. The Morgan fingerprint density at radius 3 is 2.54 bits per heavy atom. The molecule has 0 aliphatic heterocycles. The number of hydrogen-bond acceptors (Lipinski definition) is 3. The summed E-state index contributed by atoms with van der Waals surface area (Å²) in [5, 5.41) is 9.37. The lowest BCUT2D eigenvalue weighted by molar-refractivity contribution is -0.137. The number of carboxylic acids is 1. The van der Waals surface area contributed by atoms with E-state index < -0.39 is 5.97 Å². The summed E-state index contributed by atoms with van der Waals surface area (Å²) < 4.78 is 26.5. The molecular formula is C32H35FO4. The zero-order valence-corrected chi connectivity index (χ0v) is 21.6. The summed E-state index contributed by atoms with van der Waals surface area (Å²) in [5.41, 5.74) is 4.73. The molecule has 0 unspecified atom stereocenters. The van der Waals surface area contributed by atoms with E-state index in [0.717, 1.165) is 41.7 Å². The summed E-state index contributed by atoms with van der Waals surface area (Å²) in [6, 6.07) is 19.0. The van der Waals surface area contributed by atoms with Crippen molar-refractivity contribution in [3.8, 4) is 22.6 Å². The normalized spacial score (nSPS) is 20.0. The predicted molar refractivity (Wildman–Crippen MR) is 143 cm³/mol. The molecule has 1 N–H and O–H groups in total. The minimum Gasteiger partial charge on any atom is -0.497 e. The van der Waals surface area contributed by atoms with Crippen LogP contribution in [-0.2, 0) is 11.4 Å². The molecule has 37 heavy (non-hydrogen) atoms. The average molecular weight is 503 g/mol. The minimum atomic E-state index is -0.760. The van der Waals surface area contributed by atoms with Crippen LogP contribution in [0.25, 0.3) is 11.1 Å². The Kier molecular flexibility index (Phi) is 7.50. The fraction of sp³-hybridized carbons (Fsp3) is 0.406. The van der Waals surface area contributed by atoms with Gasteiger partial charge in [-0.15, -0.1) is 0 Å². The van der Waals surface area contributed by atoms with Gasteiger partial charge in [-0.25, -0.2) is 4.39 Å². The summed E-state index contributed by atoms with van der Waals surface area (Å²) in [6.07, 6.45) is 5.78. The van der Waals surface area contributed by atoms with E-state index >= 15 is 0 Å². The summed E-state index contributed by atoms with van der Waals surface area (Å²) in [7, 11) is 1.60. The topological polar surface area (TPSA) is 55.8 Å². The van der Waals surface area contributed by atoms with E-state index in [-0.39, 0.29) is 18.2 Å². The predicted octanol–water partition coefficient (Wildman–Crippen LogP) is 7.95. The molecule has 0 aromatic heterocycles. The van der Waals surface area contributed by atoms with Crippen LogP contribution in [0.2, 0.25) is 0 Å². The van der Waals surface area contributed by atoms with E-state index in [0.29, 0.717) is 35.7 Å². The number of benzene rings is 3. The maximum Gasteiger partial charge on any atom is 0.303 e. The molecule has 3 atom stereocenters. The molecule has 0 heterocycles. The highest BCUT2D eigenvalue weighted by Crippen LogP contribution is 2.46. The van der Waals surface area contributed by atoms with Crippen LogP contribution in [0.15, 0.2) is 60.7 Å². The molecule has 0 spiro atoms. The fourth-order valence-electron chi connectivity index (χ4n) is 5.94. The lowest BCUT2D eigenvalue weighted by Crippen LogP contribution is -2.09. The molecule has 3 aromatic carbocycles. The number of halogens is 1. The van der Waals surface area contributed by atoms with E-state index in [2.05, 4.69) is 13.0 Å². The van der Waals surface area contributed by atoms with E-state index in [4.69, 9.17) is 9.47 Å². The first kappa shape index (κ1) is 25.3. The van der Waals surface area contributed by atoms with Gasteiger partial charge in [0.25, 0.3) is 0 Å². The first-order valence-electron chi connectivity index (χ1n) is 13.3. The van der Waals surface area contributed by atoms with Crippen molar-refractivity contribution in [2.24, 2.45) is 11.8 Å². The average Bonchev–Trinajstić information content (AvgIpc) is 3.66. The molecular weight excluding hydrogens is 467 g/mol. The van der Waals surface area contributed by atoms with E-state index in [1.165, 1.54) is 24.5 Å². The number of aliphatic carboxylic acids is 1. The van der Waals surface area contributed by atoms with Gasteiger partial charge < -0.3 is 14.6 Å². The molecule has 4 nitrogen and oxygen atoms in total. The van der Waals surface area contributed by atoms with Crippen LogP contribution in [0.5, 0.6) is 11.5 Å². The highest BCUT2D eigenvalue weighted by molar-refractivity contribution is 5.71. The molecule has 2 aliphatic carbocycles. The van der Waals surface area contributed by atoms with Gasteiger partial charge in [0.05, 0.1) is 13.5 Å². The summed E-state index contributed by atoms with van der Waals surface area (Å²) >= 11 is 0. The van der Waals surface area contributed by atoms with Gasteiger partial charge >= 0.3 is 5.97 Å². The highest BCUT2D eigenvalue weighted by Gasteiger charge is 2.34. The molecule has 5 rings (SSSR count). The zero-order valence-electron chi connectivity index (χ0n) is 21.6. The molecule has 0 amide bonds. The van der Waals surface area contributed by atoms with Crippen molar-refractivity contribution in [2.45, 2.75) is 63.9 Å². The number of hydrogen-bond donors (Lipinski definition) is 1. The van der Waals surface area contributed by atoms with Gasteiger partial charge in [-0.1, -0.05) is 50.1 Å². The van der Waals surface area contributed by atoms with Crippen LogP contribution in [-0.4, -0.2) is 18.2 Å². The Bertz CT molecular complexity index is 1270. The lowest BCUT2D eigenvalue weighted by atomic mass is 9.84. The monoisotopic (exact) mass is 502 g/mol. The number of ether oxygens (including phenoxy) is 2. The maximum absolute atomic E-state index is 15.0. The first-order chi connectivity index (χ1) is 17.9. The third-order valence-electron chi connectivity index (χ3n) is 8.12. The molecule has 3 aromatic rings. The number of rotatable bonds is 10. The second kappa shape index (κ2) is 11.0. The van der Waals surface area contributed by atoms with Gasteiger partial charge in [-0.2, -0.15) is 0 Å². The molecule has 2 saturated carbocycles. The third-order valence-corrected chi connectivity index (χ3v) is 8.12. The van der Waals surface area contributed by atoms with Gasteiger partial charge in [0.15, 0.2) is 0 Å². The highest BCUT2D eigenvalue weighted by atomic mass is 19.1. The Hall–Kier alpha value is -3.34. The van der Waals surface area contributed by atoms with Crippen molar-refractivity contribution >= 4 is 5.97 Å². The second-order valence-corrected chi connectivity index (χ2v) is 10.7. The zero-order chi connectivity index (χ0) is 25.9. The number of carboxylic acid groups (broad SMARTS) is 1. The lowest BCUT2D eigenvalue weighted by Gasteiger charge is -2.22.